The van der Waals surface area contributed by atoms with Gasteiger partial charge in [0.05, 0.1) is 25.3 Å². The molecule has 0 aliphatic carbocycles. The lowest BCUT2D eigenvalue weighted by Crippen LogP contribution is -2.01. The summed E-state index contributed by atoms with van der Waals surface area (Å²) in [5, 5.41) is 10.2. The fourth-order valence-electron chi connectivity index (χ4n) is 2.97. The Kier molecular flexibility index (Phi) is 4.93. The Hall–Kier alpha value is -2.95. The zero-order chi connectivity index (χ0) is 17.8. The average Bonchev–Trinajstić information content (AvgIpc) is 2.93. The van der Waals surface area contributed by atoms with Crippen LogP contribution in [-0.4, -0.2) is 29.3 Å². The number of carboxylic acid groups (broad SMARTS) is 1. The second-order valence-corrected chi connectivity index (χ2v) is 5.65. The molecule has 0 amide bonds. The predicted molar refractivity (Wildman–Crippen MR) is 97.4 cm³/mol. The van der Waals surface area contributed by atoms with Crippen LogP contribution in [-0.2, 0) is 11.2 Å². The van der Waals surface area contributed by atoms with Crippen LogP contribution in [0.4, 0.5) is 0 Å². The molecule has 0 atom stereocenters. The second-order valence-electron chi connectivity index (χ2n) is 5.65. The van der Waals surface area contributed by atoms with Gasteiger partial charge in [0.1, 0.15) is 11.5 Å². The van der Waals surface area contributed by atoms with Crippen molar-refractivity contribution in [2.45, 2.75) is 20.3 Å². The third-order valence-electron chi connectivity index (χ3n) is 3.95. The summed E-state index contributed by atoms with van der Waals surface area (Å²) in [4.78, 5) is 14.8. The van der Waals surface area contributed by atoms with Crippen LogP contribution < -0.4 is 9.47 Å². The maximum absolute atomic E-state index is 11.4. The molecule has 0 radical (unpaired) electrons. The number of hydrogen-bond acceptors (Lipinski definition) is 3. The minimum atomic E-state index is -0.870. The number of aromatic nitrogens is 1. The first-order valence-corrected chi connectivity index (χ1v) is 8.34. The molecular formula is C20H21NO4. The summed E-state index contributed by atoms with van der Waals surface area (Å²) in [5.41, 5.74) is 3.33. The largest absolute Gasteiger partial charge is 0.494 e. The highest BCUT2D eigenvalue weighted by molar-refractivity contribution is 5.94. The zero-order valence-electron chi connectivity index (χ0n) is 14.3. The molecule has 0 spiro atoms. The molecule has 0 fully saturated rings. The second kappa shape index (κ2) is 7.30. The number of rotatable bonds is 7. The van der Waals surface area contributed by atoms with Gasteiger partial charge in [-0.3, -0.25) is 4.79 Å². The van der Waals surface area contributed by atoms with Gasteiger partial charge in [0, 0.05) is 16.5 Å². The van der Waals surface area contributed by atoms with E-state index in [2.05, 4.69) is 4.98 Å². The van der Waals surface area contributed by atoms with Crippen LogP contribution in [0.25, 0.3) is 22.2 Å². The molecule has 3 rings (SSSR count). The van der Waals surface area contributed by atoms with Gasteiger partial charge in [0.25, 0.3) is 0 Å². The van der Waals surface area contributed by atoms with Gasteiger partial charge in [0.15, 0.2) is 0 Å². The van der Waals surface area contributed by atoms with E-state index < -0.39 is 5.97 Å². The van der Waals surface area contributed by atoms with Crippen molar-refractivity contribution < 1.29 is 19.4 Å². The highest BCUT2D eigenvalue weighted by Gasteiger charge is 2.17. The van der Waals surface area contributed by atoms with Crippen molar-refractivity contribution in [2.24, 2.45) is 0 Å². The number of ether oxygens (including phenoxy) is 2. The topological polar surface area (TPSA) is 71.5 Å². The van der Waals surface area contributed by atoms with Crippen LogP contribution in [0.2, 0.25) is 0 Å². The molecule has 0 bridgehead atoms. The Morgan fingerprint density at radius 1 is 1.04 bits per heavy atom. The van der Waals surface area contributed by atoms with E-state index in [4.69, 9.17) is 9.47 Å². The fourth-order valence-corrected chi connectivity index (χ4v) is 2.97. The minimum absolute atomic E-state index is 0.0657. The van der Waals surface area contributed by atoms with Gasteiger partial charge in [-0.05, 0) is 49.7 Å². The van der Waals surface area contributed by atoms with E-state index in [1.54, 1.807) is 0 Å². The number of carbonyl (C=O) groups is 1. The molecule has 2 aromatic carbocycles. The first-order chi connectivity index (χ1) is 12.1. The van der Waals surface area contributed by atoms with E-state index in [1.165, 1.54) is 0 Å². The average molecular weight is 339 g/mol. The van der Waals surface area contributed by atoms with Crippen molar-refractivity contribution in [1.82, 2.24) is 4.98 Å². The number of fused-ring (bicyclic) bond motifs is 1. The molecule has 0 aliphatic heterocycles. The molecule has 1 aromatic heterocycles. The maximum Gasteiger partial charge on any atom is 0.307 e. The molecule has 3 aromatic rings. The molecule has 130 valence electrons. The van der Waals surface area contributed by atoms with Gasteiger partial charge in [-0.25, -0.2) is 0 Å². The number of benzene rings is 2. The van der Waals surface area contributed by atoms with E-state index in [0.29, 0.717) is 13.2 Å². The van der Waals surface area contributed by atoms with Crippen molar-refractivity contribution in [3.8, 4) is 22.8 Å². The molecule has 0 unspecified atom stereocenters. The number of aliphatic carboxylic acids is 1. The number of aromatic amines is 1. The summed E-state index contributed by atoms with van der Waals surface area (Å²) < 4.78 is 11.1. The first kappa shape index (κ1) is 16.9. The fraction of sp³-hybridized carbons (Fsp3) is 0.250. The molecule has 0 aliphatic rings. The number of H-pyrrole nitrogens is 1. The van der Waals surface area contributed by atoms with Crippen molar-refractivity contribution in [1.29, 1.82) is 0 Å². The normalized spacial score (nSPS) is 10.8. The summed E-state index contributed by atoms with van der Waals surface area (Å²) in [6, 6.07) is 13.4. The van der Waals surface area contributed by atoms with Crippen molar-refractivity contribution in [3.05, 3.63) is 48.0 Å². The Morgan fingerprint density at radius 2 is 1.76 bits per heavy atom. The summed E-state index contributed by atoms with van der Waals surface area (Å²) >= 11 is 0. The Bertz CT molecular complexity index is 898. The lowest BCUT2D eigenvalue weighted by molar-refractivity contribution is -0.136. The molecule has 0 saturated carbocycles. The van der Waals surface area contributed by atoms with Crippen molar-refractivity contribution in [3.63, 3.8) is 0 Å². The highest BCUT2D eigenvalue weighted by Crippen LogP contribution is 2.34. The lowest BCUT2D eigenvalue weighted by Gasteiger charge is -2.07. The number of nitrogens with one attached hydrogen (secondary N) is 1. The molecule has 5 heteroatoms. The van der Waals surface area contributed by atoms with Crippen LogP contribution in [0.5, 0.6) is 11.5 Å². The lowest BCUT2D eigenvalue weighted by atomic mass is 10.0. The van der Waals surface area contributed by atoms with Gasteiger partial charge in [-0.2, -0.15) is 0 Å². The SMILES string of the molecule is CCOc1cccc(-c2[nH]c3ccc(OCC)cc3c2CC(=O)O)c1. The van der Waals surface area contributed by atoms with Gasteiger partial charge in [0.2, 0.25) is 0 Å². The van der Waals surface area contributed by atoms with Crippen LogP contribution in [0.1, 0.15) is 19.4 Å². The number of hydrogen-bond donors (Lipinski definition) is 2. The Balaban J connectivity index is 2.16. The van der Waals surface area contributed by atoms with Crippen LogP contribution in [0, 0.1) is 0 Å². The van der Waals surface area contributed by atoms with Gasteiger partial charge >= 0.3 is 5.97 Å². The molecule has 2 N–H and O–H groups in total. The van der Waals surface area contributed by atoms with Crippen LogP contribution in [0.3, 0.4) is 0 Å². The van der Waals surface area contributed by atoms with Crippen LogP contribution >= 0.6 is 0 Å². The van der Waals surface area contributed by atoms with Crippen LogP contribution in [0.15, 0.2) is 42.5 Å². The Labute approximate surface area is 146 Å². The standard InChI is InChI=1S/C20H21NO4/c1-3-24-14-7-5-6-13(10-14)20-17(12-19(22)23)16-11-15(25-4-2)8-9-18(16)21-20/h5-11,21H,3-4,12H2,1-2H3,(H,22,23). The highest BCUT2D eigenvalue weighted by atomic mass is 16.5. The molecule has 25 heavy (non-hydrogen) atoms. The van der Waals surface area contributed by atoms with Crippen molar-refractivity contribution >= 4 is 16.9 Å². The Morgan fingerprint density at radius 3 is 2.44 bits per heavy atom. The van der Waals surface area contributed by atoms with Gasteiger partial charge < -0.3 is 19.6 Å². The summed E-state index contributed by atoms with van der Waals surface area (Å²) in [5.74, 6) is 0.620. The van der Waals surface area contributed by atoms with E-state index in [1.807, 2.05) is 56.3 Å². The first-order valence-electron chi connectivity index (χ1n) is 8.34. The van der Waals surface area contributed by atoms with E-state index in [-0.39, 0.29) is 6.42 Å². The zero-order valence-corrected chi connectivity index (χ0v) is 14.3. The minimum Gasteiger partial charge on any atom is -0.494 e. The quantitative estimate of drug-likeness (QED) is 0.675. The summed E-state index contributed by atoms with van der Waals surface area (Å²) in [6.45, 7) is 4.99. The monoisotopic (exact) mass is 339 g/mol. The van der Waals surface area contributed by atoms with Crippen molar-refractivity contribution in [2.75, 3.05) is 13.2 Å². The molecule has 5 nitrogen and oxygen atoms in total. The smallest absolute Gasteiger partial charge is 0.307 e. The van der Waals surface area contributed by atoms with E-state index in [9.17, 15) is 9.90 Å². The summed E-state index contributed by atoms with van der Waals surface area (Å²) in [6.07, 6.45) is -0.0657. The molecule has 1 heterocycles. The predicted octanol–water partition coefficient (Wildman–Crippen LogP) is 4.26. The third kappa shape index (κ3) is 3.60. The maximum atomic E-state index is 11.4. The van der Waals surface area contributed by atoms with Gasteiger partial charge in [-0.15, -0.1) is 0 Å². The summed E-state index contributed by atoms with van der Waals surface area (Å²) in [7, 11) is 0. The van der Waals surface area contributed by atoms with E-state index in [0.717, 1.165) is 39.2 Å². The van der Waals surface area contributed by atoms with Gasteiger partial charge in [-0.1, -0.05) is 12.1 Å². The molecule has 0 saturated heterocycles. The third-order valence-corrected chi connectivity index (χ3v) is 3.95. The number of carboxylic acids is 1. The van der Waals surface area contributed by atoms with E-state index >= 15 is 0 Å². The molecular weight excluding hydrogens is 318 g/mol.